The van der Waals surface area contributed by atoms with Gasteiger partial charge in [0.1, 0.15) is 24.0 Å². The lowest BCUT2D eigenvalue weighted by Gasteiger charge is -2.19. The molecule has 214 valence electrons. The topological polar surface area (TPSA) is 59.5 Å². The largest absolute Gasteiger partial charge is 0.488 e. The van der Waals surface area contributed by atoms with Gasteiger partial charge in [-0.1, -0.05) is 39.5 Å². The second-order valence-corrected chi connectivity index (χ2v) is 9.25. The number of hydrogen-bond donors (Lipinski definition) is 1. The molecular weight excluding hydrogens is 512 g/mol. The summed E-state index contributed by atoms with van der Waals surface area (Å²) in [5, 5.41) is 0. The number of imidazole rings is 1. The van der Waals surface area contributed by atoms with Crippen LogP contribution in [0.4, 0.5) is 8.78 Å². The molecule has 0 unspecified atom stereocenters. The summed E-state index contributed by atoms with van der Waals surface area (Å²) in [6.45, 7) is 15.1. The number of nitrogens with one attached hydrogen (secondary N) is 1. The average molecular weight is 552 g/mol. The Hall–Kier alpha value is -3.75. The Kier molecular flexibility index (Phi) is 11.2. The fraction of sp³-hybridized carbons (Fsp3) is 0.344. The van der Waals surface area contributed by atoms with Crippen LogP contribution in [-0.2, 0) is 11.3 Å². The lowest BCUT2D eigenvalue weighted by atomic mass is 9.92. The molecule has 1 aliphatic heterocycles. The number of methoxy groups -OCH3 is 1. The van der Waals surface area contributed by atoms with Crippen molar-refractivity contribution in [2.45, 2.75) is 34.2 Å². The fourth-order valence-electron chi connectivity index (χ4n) is 4.59. The van der Waals surface area contributed by atoms with Gasteiger partial charge < -0.3 is 14.5 Å². The SMILES string of the molecule is C=C(F)/C=C\C1=C(C)COc2cc(F)ccc2/C1=C/c1ccc2c(c1)[nH]c(=O)n2CCN(CC)CCOC.CC. The number of hydrogen-bond acceptors (Lipinski definition) is 4. The van der Waals surface area contributed by atoms with E-state index in [0.29, 0.717) is 30.0 Å². The van der Waals surface area contributed by atoms with Gasteiger partial charge in [0, 0.05) is 38.4 Å². The third-order valence-electron chi connectivity index (χ3n) is 6.67. The van der Waals surface area contributed by atoms with Gasteiger partial charge in [-0.05, 0) is 72.2 Å². The van der Waals surface area contributed by atoms with Crippen molar-refractivity contribution in [3.63, 3.8) is 0 Å². The average Bonchev–Trinajstić information content (AvgIpc) is 3.19. The summed E-state index contributed by atoms with van der Waals surface area (Å²) in [4.78, 5) is 18.0. The summed E-state index contributed by atoms with van der Waals surface area (Å²) in [6.07, 6.45) is 4.90. The van der Waals surface area contributed by atoms with Crippen molar-refractivity contribution in [1.29, 1.82) is 0 Å². The minimum Gasteiger partial charge on any atom is -0.488 e. The first kappa shape index (κ1) is 30.8. The zero-order chi connectivity index (χ0) is 29.2. The fourth-order valence-corrected chi connectivity index (χ4v) is 4.59. The molecule has 0 saturated heterocycles. The summed E-state index contributed by atoms with van der Waals surface area (Å²) in [7, 11) is 1.68. The van der Waals surface area contributed by atoms with Gasteiger partial charge in [-0.15, -0.1) is 0 Å². The maximum atomic E-state index is 14.0. The number of rotatable bonds is 10. The number of fused-ring (bicyclic) bond motifs is 2. The molecule has 0 aliphatic carbocycles. The van der Waals surface area contributed by atoms with Crippen LogP contribution in [0.5, 0.6) is 5.75 Å². The standard InChI is InChI=1S/C30H33F2N3O3.C2H6/c1-5-34(14-15-37-4)12-13-35-28-11-7-22(17-27(28)33-30(35)36)16-26-24(9-6-21(3)31)20(2)19-38-29-18-23(32)8-10-25(26)29;1-2/h6-11,16-18H,3,5,12-15,19H2,1-2,4H3,(H,33,36);1-2H3/b9-6-,26-16+;. The van der Waals surface area contributed by atoms with Crippen LogP contribution < -0.4 is 10.4 Å². The van der Waals surface area contributed by atoms with Crippen LogP contribution in [0.2, 0.25) is 0 Å². The second kappa shape index (κ2) is 14.6. The van der Waals surface area contributed by atoms with Gasteiger partial charge in [0.15, 0.2) is 0 Å². The van der Waals surface area contributed by atoms with E-state index in [2.05, 4.69) is 23.4 Å². The van der Waals surface area contributed by atoms with Crippen LogP contribution in [0.3, 0.4) is 0 Å². The zero-order valence-corrected chi connectivity index (χ0v) is 24.0. The third-order valence-corrected chi connectivity index (χ3v) is 6.67. The Labute approximate surface area is 234 Å². The molecule has 0 fully saturated rings. The number of likely N-dealkylation sites (N-methyl/N-ethyl adjacent to an activating group) is 1. The maximum absolute atomic E-state index is 14.0. The van der Waals surface area contributed by atoms with Crippen LogP contribution in [0.1, 0.15) is 38.8 Å². The minimum absolute atomic E-state index is 0.169. The molecule has 0 spiro atoms. The number of halogens is 2. The molecule has 0 saturated carbocycles. The van der Waals surface area contributed by atoms with Crippen LogP contribution >= 0.6 is 0 Å². The summed E-state index contributed by atoms with van der Waals surface area (Å²) >= 11 is 0. The number of benzene rings is 2. The van der Waals surface area contributed by atoms with Crippen molar-refractivity contribution in [3.8, 4) is 5.75 Å². The molecule has 0 bridgehead atoms. The normalized spacial score (nSPS) is 14.3. The van der Waals surface area contributed by atoms with Crippen molar-refractivity contribution < 1.29 is 18.3 Å². The predicted molar refractivity (Wildman–Crippen MR) is 160 cm³/mol. The number of aromatic amines is 1. The van der Waals surface area contributed by atoms with E-state index in [9.17, 15) is 13.6 Å². The van der Waals surface area contributed by atoms with Crippen LogP contribution in [0.15, 0.2) is 76.9 Å². The molecule has 1 N–H and O–H groups in total. The van der Waals surface area contributed by atoms with Gasteiger partial charge in [0.2, 0.25) is 0 Å². The highest BCUT2D eigenvalue weighted by Crippen LogP contribution is 2.38. The molecular formula is C32H39F2N3O3. The number of ether oxygens (including phenoxy) is 2. The Morgan fingerprint density at radius 1 is 1.23 bits per heavy atom. The monoisotopic (exact) mass is 551 g/mol. The molecule has 3 aromatic rings. The Bertz CT molecular complexity index is 1480. The highest BCUT2D eigenvalue weighted by molar-refractivity contribution is 5.96. The zero-order valence-electron chi connectivity index (χ0n) is 24.0. The smallest absolute Gasteiger partial charge is 0.326 e. The van der Waals surface area contributed by atoms with Gasteiger partial charge >= 0.3 is 5.69 Å². The lowest BCUT2D eigenvalue weighted by molar-refractivity contribution is 0.148. The lowest BCUT2D eigenvalue weighted by Crippen LogP contribution is -2.32. The van der Waals surface area contributed by atoms with Gasteiger partial charge in [-0.25, -0.2) is 13.6 Å². The molecule has 2 heterocycles. The van der Waals surface area contributed by atoms with E-state index in [-0.39, 0.29) is 12.3 Å². The summed E-state index contributed by atoms with van der Waals surface area (Å²) < 4.78 is 40.3. The van der Waals surface area contributed by atoms with Crippen LogP contribution in [0, 0.1) is 5.82 Å². The summed E-state index contributed by atoms with van der Waals surface area (Å²) in [5.74, 6) is -0.563. The molecule has 40 heavy (non-hydrogen) atoms. The maximum Gasteiger partial charge on any atom is 0.326 e. The van der Waals surface area contributed by atoms with Crippen molar-refractivity contribution in [2.24, 2.45) is 0 Å². The Morgan fingerprint density at radius 2 is 2.00 bits per heavy atom. The number of allylic oxidation sites excluding steroid dienone is 5. The molecule has 6 nitrogen and oxygen atoms in total. The summed E-state index contributed by atoms with van der Waals surface area (Å²) in [6, 6.07) is 10.1. The first-order chi connectivity index (χ1) is 19.3. The number of aromatic nitrogens is 2. The molecule has 0 radical (unpaired) electrons. The van der Waals surface area contributed by atoms with Crippen molar-refractivity contribution in [1.82, 2.24) is 14.5 Å². The van der Waals surface area contributed by atoms with Crippen molar-refractivity contribution >= 4 is 22.7 Å². The van der Waals surface area contributed by atoms with E-state index in [4.69, 9.17) is 9.47 Å². The van der Waals surface area contributed by atoms with E-state index in [0.717, 1.165) is 47.4 Å². The van der Waals surface area contributed by atoms with E-state index in [1.165, 1.54) is 18.2 Å². The quantitative estimate of drug-likeness (QED) is 0.283. The Morgan fingerprint density at radius 3 is 2.70 bits per heavy atom. The minimum atomic E-state index is -0.571. The molecule has 0 amide bonds. The number of H-pyrrole nitrogens is 1. The van der Waals surface area contributed by atoms with Crippen molar-refractivity contribution in [2.75, 3.05) is 40.0 Å². The second-order valence-electron chi connectivity index (χ2n) is 9.25. The first-order valence-corrected chi connectivity index (χ1v) is 13.6. The third kappa shape index (κ3) is 7.46. The molecule has 8 heteroatoms. The van der Waals surface area contributed by atoms with Crippen LogP contribution in [0.25, 0.3) is 22.7 Å². The van der Waals surface area contributed by atoms with Gasteiger partial charge in [0.05, 0.1) is 17.6 Å². The van der Waals surface area contributed by atoms with E-state index < -0.39 is 11.6 Å². The highest BCUT2D eigenvalue weighted by Gasteiger charge is 2.20. The molecule has 0 atom stereocenters. The van der Waals surface area contributed by atoms with Gasteiger partial charge in [-0.2, -0.15) is 0 Å². The Balaban J connectivity index is 0.00000216. The van der Waals surface area contributed by atoms with E-state index in [1.807, 2.05) is 45.0 Å². The van der Waals surface area contributed by atoms with E-state index in [1.54, 1.807) is 23.8 Å². The number of nitrogens with zero attached hydrogens (tertiary/aromatic N) is 2. The van der Waals surface area contributed by atoms with Crippen LogP contribution in [-0.4, -0.2) is 54.4 Å². The van der Waals surface area contributed by atoms with Gasteiger partial charge in [-0.3, -0.25) is 9.47 Å². The summed E-state index contributed by atoms with van der Waals surface area (Å²) in [5.41, 5.74) is 5.24. The highest BCUT2D eigenvalue weighted by atomic mass is 19.1. The molecule has 1 aromatic heterocycles. The molecule has 4 rings (SSSR count). The predicted octanol–water partition coefficient (Wildman–Crippen LogP) is 6.75. The first-order valence-electron chi connectivity index (χ1n) is 13.6. The molecule has 1 aliphatic rings. The molecule has 2 aromatic carbocycles. The van der Waals surface area contributed by atoms with Crippen molar-refractivity contribution in [3.05, 3.63) is 99.5 Å². The van der Waals surface area contributed by atoms with E-state index >= 15 is 0 Å². The van der Waals surface area contributed by atoms with Gasteiger partial charge in [0.25, 0.3) is 0 Å².